The van der Waals surface area contributed by atoms with E-state index >= 15 is 0 Å². The monoisotopic (exact) mass is 520 g/mol. The van der Waals surface area contributed by atoms with E-state index in [1.54, 1.807) is 32.4 Å². The SMILES string of the molecule is COc1cccc(OC)c1-c1ccc(CC(NC(=O)[C@@]2(c3cccc([N+](=O)[O-])c3)CCCO2)C(=O)O)cc1. The van der Waals surface area contributed by atoms with Crippen molar-refractivity contribution in [2.24, 2.45) is 0 Å². The molecule has 0 aromatic heterocycles. The van der Waals surface area contributed by atoms with E-state index in [1.807, 2.05) is 30.3 Å². The summed E-state index contributed by atoms with van der Waals surface area (Å²) >= 11 is 0. The lowest BCUT2D eigenvalue weighted by molar-refractivity contribution is -0.385. The third-order valence-electron chi connectivity index (χ3n) is 6.63. The van der Waals surface area contributed by atoms with Gasteiger partial charge in [0.15, 0.2) is 5.60 Å². The number of hydrogen-bond acceptors (Lipinski definition) is 7. The maximum absolute atomic E-state index is 13.4. The van der Waals surface area contributed by atoms with Crippen LogP contribution in [0, 0.1) is 10.1 Å². The number of hydrogen-bond donors (Lipinski definition) is 2. The van der Waals surface area contributed by atoms with Crippen LogP contribution in [0.25, 0.3) is 11.1 Å². The van der Waals surface area contributed by atoms with Gasteiger partial charge in [0, 0.05) is 30.7 Å². The summed E-state index contributed by atoms with van der Waals surface area (Å²) in [6, 6.07) is 17.2. The maximum Gasteiger partial charge on any atom is 0.326 e. The van der Waals surface area contributed by atoms with Crippen LogP contribution in [0.3, 0.4) is 0 Å². The predicted octanol–water partition coefficient (Wildman–Crippen LogP) is 4.10. The van der Waals surface area contributed by atoms with E-state index in [0.29, 0.717) is 29.0 Å². The molecule has 0 aliphatic carbocycles. The summed E-state index contributed by atoms with van der Waals surface area (Å²) in [7, 11) is 3.14. The van der Waals surface area contributed by atoms with E-state index in [2.05, 4.69) is 5.32 Å². The average Bonchev–Trinajstić information content (AvgIpc) is 3.44. The van der Waals surface area contributed by atoms with Gasteiger partial charge in [-0.2, -0.15) is 0 Å². The van der Waals surface area contributed by atoms with Crippen LogP contribution in [0.5, 0.6) is 11.5 Å². The van der Waals surface area contributed by atoms with Crippen molar-refractivity contribution >= 4 is 17.6 Å². The second kappa shape index (κ2) is 11.3. The molecule has 198 valence electrons. The average molecular weight is 521 g/mol. The van der Waals surface area contributed by atoms with E-state index in [1.165, 1.54) is 18.2 Å². The third-order valence-corrected chi connectivity index (χ3v) is 6.63. The van der Waals surface area contributed by atoms with Gasteiger partial charge in [0.1, 0.15) is 17.5 Å². The molecule has 1 heterocycles. The normalized spacial score (nSPS) is 17.4. The smallest absolute Gasteiger partial charge is 0.326 e. The Kier molecular flexibility index (Phi) is 7.92. The molecule has 1 aliphatic heterocycles. The Bertz CT molecular complexity index is 1310. The van der Waals surface area contributed by atoms with Gasteiger partial charge in [0.25, 0.3) is 11.6 Å². The molecule has 2 N–H and O–H groups in total. The number of rotatable bonds is 10. The van der Waals surface area contributed by atoms with Gasteiger partial charge in [-0.1, -0.05) is 42.5 Å². The molecule has 10 nitrogen and oxygen atoms in total. The number of nitrogens with zero attached hydrogens (tertiary/aromatic N) is 1. The fourth-order valence-corrected chi connectivity index (χ4v) is 4.70. The first-order valence-electron chi connectivity index (χ1n) is 12.0. The summed E-state index contributed by atoms with van der Waals surface area (Å²) in [5, 5.41) is 23.8. The van der Waals surface area contributed by atoms with Crippen molar-refractivity contribution in [1.29, 1.82) is 0 Å². The molecule has 1 fully saturated rings. The van der Waals surface area contributed by atoms with E-state index in [0.717, 1.165) is 11.1 Å². The Morgan fingerprint density at radius 1 is 1.08 bits per heavy atom. The number of methoxy groups -OCH3 is 2. The Balaban J connectivity index is 1.56. The van der Waals surface area contributed by atoms with Crippen molar-refractivity contribution < 1.29 is 33.8 Å². The lowest BCUT2D eigenvalue weighted by Gasteiger charge is -2.29. The molecule has 0 radical (unpaired) electrons. The topological polar surface area (TPSA) is 137 Å². The molecule has 1 unspecified atom stereocenters. The Hall–Kier alpha value is -4.44. The molecule has 10 heteroatoms. The zero-order chi connectivity index (χ0) is 27.3. The summed E-state index contributed by atoms with van der Waals surface area (Å²) in [5.41, 5.74) is 0.927. The molecule has 1 aliphatic rings. The number of carboxylic acid groups (broad SMARTS) is 1. The van der Waals surface area contributed by atoms with Gasteiger partial charge < -0.3 is 24.6 Å². The van der Waals surface area contributed by atoms with Crippen LogP contribution in [-0.2, 0) is 26.3 Å². The minimum atomic E-state index is -1.50. The standard InChI is InChI=1S/C28H28N2O8/c1-36-23-8-4-9-24(37-2)25(23)19-12-10-18(11-13-19)16-22(26(31)32)29-27(33)28(14-5-15-38-28)20-6-3-7-21(17-20)30(34)35/h3-4,6-13,17,22H,5,14-16H2,1-2H3,(H,29,33)(H,31,32)/t22?,28-/m0/s1. The van der Waals surface area contributed by atoms with Gasteiger partial charge in [-0.05, 0) is 36.1 Å². The highest BCUT2D eigenvalue weighted by Crippen LogP contribution is 2.39. The first-order chi connectivity index (χ1) is 18.3. The fourth-order valence-electron chi connectivity index (χ4n) is 4.70. The predicted molar refractivity (Wildman–Crippen MR) is 138 cm³/mol. The van der Waals surface area contributed by atoms with Crippen LogP contribution in [0.1, 0.15) is 24.0 Å². The minimum Gasteiger partial charge on any atom is -0.496 e. The van der Waals surface area contributed by atoms with Gasteiger partial charge in [0.2, 0.25) is 0 Å². The largest absolute Gasteiger partial charge is 0.496 e. The van der Waals surface area contributed by atoms with Crippen LogP contribution in [-0.4, -0.2) is 48.8 Å². The summed E-state index contributed by atoms with van der Waals surface area (Å²) in [6.07, 6.45) is 0.860. The number of nitrogens with one attached hydrogen (secondary N) is 1. The zero-order valence-corrected chi connectivity index (χ0v) is 21.0. The molecule has 0 saturated carbocycles. The summed E-state index contributed by atoms with van der Waals surface area (Å²) in [4.78, 5) is 36.3. The Morgan fingerprint density at radius 2 is 1.74 bits per heavy atom. The number of carbonyl (C=O) groups is 2. The van der Waals surface area contributed by atoms with E-state index in [9.17, 15) is 24.8 Å². The number of benzene rings is 3. The molecule has 0 spiro atoms. The molecule has 4 rings (SSSR count). The number of amides is 1. The Morgan fingerprint density at radius 3 is 2.29 bits per heavy atom. The van der Waals surface area contributed by atoms with Crippen molar-refractivity contribution in [3.05, 3.63) is 88.0 Å². The highest BCUT2D eigenvalue weighted by molar-refractivity contribution is 5.91. The van der Waals surface area contributed by atoms with Crippen molar-refractivity contribution in [2.45, 2.75) is 30.9 Å². The van der Waals surface area contributed by atoms with Gasteiger partial charge >= 0.3 is 5.97 Å². The number of ether oxygens (including phenoxy) is 3. The van der Waals surface area contributed by atoms with Gasteiger partial charge in [-0.15, -0.1) is 0 Å². The molecular weight excluding hydrogens is 492 g/mol. The summed E-state index contributed by atoms with van der Waals surface area (Å²) < 4.78 is 16.8. The lowest BCUT2D eigenvalue weighted by atomic mass is 9.89. The number of aliphatic carboxylic acids is 1. The van der Waals surface area contributed by atoms with Gasteiger partial charge in [0.05, 0.1) is 24.7 Å². The summed E-state index contributed by atoms with van der Waals surface area (Å²) in [6.45, 7) is 0.279. The summed E-state index contributed by atoms with van der Waals surface area (Å²) in [5.74, 6) is -0.578. The second-order valence-electron chi connectivity index (χ2n) is 8.89. The van der Waals surface area contributed by atoms with Gasteiger partial charge in [-0.3, -0.25) is 14.9 Å². The first-order valence-corrected chi connectivity index (χ1v) is 12.0. The minimum absolute atomic E-state index is 0.0232. The van der Waals surface area contributed by atoms with Crippen LogP contribution in [0.4, 0.5) is 5.69 Å². The van der Waals surface area contributed by atoms with Crippen molar-refractivity contribution in [3.8, 4) is 22.6 Å². The number of nitro benzene ring substituents is 1. The van der Waals surface area contributed by atoms with E-state index in [4.69, 9.17) is 14.2 Å². The van der Waals surface area contributed by atoms with Crippen molar-refractivity contribution in [3.63, 3.8) is 0 Å². The van der Waals surface area contributed by atoms with Crippen LogP contribution >= 0.6 is 0 Å². The number of non-ortho nitro benzene ring substituents is 1. The maximum atomic E-state index is 13.4. The van der Waals surface area contributed by atoms with Crippen LogP contribution < -0.4 is 14.8 Å². The fraction of sp³-hybridized carbons (Fsp3) is 0.286. The van der Waals surface area contributed by atoms with E-state index in [-0.39, 0.29) is 25.1 Å². The molecule has 1 saturated heterocycles. The van der Waals surface area contributed by atoms with Crippen molar-refractivity contribution in [1.82, 2.24) is 5.32 Å². The molecule has 1 amide bonds. The van der Waals surface area contributed by atoms with Gasteiger partial charge in [-0.25, -0.2) is 4.79 Å². The number of carbonyl (C=O) groups excluding carboxylic acids is 1. The highest BCUT2D eigenvalue weighted by Gasteiger charge is 2.46. The third kappa shape index (κ3) is 5.30. The lowest BCUT2D eigenvalue weighted by Crippen LogP contribution is -2.51. The van der Waals surface area contributed by atoms with Crippen molar-refractivity contribution in [2.75, 3.05) is 20.8 Å². The zero-order valence-electron chi connectivity index (χ0n) is 21.0. The van der Waals surface area contributed by atoms with Crippen LogP contribution in [0.2, 0.25) is 0 Å². The van der Waals surface area contributed by atoms with Crippen LogP contribution in [0.15, 0.2) is 66.7 Å². The highest BCUT2D eigenvalue weighted by atomic mass is 16.6. The molecule has 38 heavy (non-hydrogen) atoms. The van der Waals surface area contributed by atoms with E-state index < -0.39 is 28.4 Å². The number of nitro groups is 1. The second-order valence-corrected chi connectivity index (χ2v) is 8.89. The molecule has 0 bridgehead atoms. The Labute approximate surface area is 219 Å². The molecular formula is C28H28N2O8. The quantitative estimate of drug-likeness (QED) is 0.301. The first kappa shape index (κ1) is 26.6. The molecule has 3 aromatic rings. The molecule has 2 atom stereocenters. The number of carboxylic acids is 1. The molecule has 3 aromatic carbocycles.